The summed E-state index contributed by atoms with van der Waals surface area (Å²) in [5.74, 6) is -0.421. The Bertz CT molecular complexity index is 580. The monoisotopic (exact) mass is 278 g/mol. The molecule has 84 valence electrons. The van der Waals surface area contributed by atoms with E-state index in [9.17, 15) is 9.18 Å². The van der Waals surface area contributed by atoms with Gasteiger partial charge in [-0.2, -0.15) is 0 Å². The first-order valence-corrected chi connectivity index (χ1v) is 5.77. The summed E-state index contributed by atoms with van der Waals surface area (Å²) in [6.07, 6.45) is 0. The van der Waals surface area contributed by atoms with Crippen LogP contribution in [0.25, 0.3) is 10.1 Å². The van der Waals surface area contributed by atoms with Crippen molar-refractivity contribution in [2.75, 3.05) is 7.11 Å². The molecule has 0 amide bonds. The van der Waals surface area contributed by atoms with Crippen LogP contribution >= 0.6 is 34.5 Å². The first-order chi connectivity index (χ1) is 7.56. The third kappa shape index (κ3) is 1.67. The molecule has 0 saturated carbocycles. The molecule has 2 nitrogen and oxygen atoms in total. The van der Waals surface area contributed by atoms with Crippen molar-refractivity contribution in [1.82, 2.24) is 0 Å². The molecule has 0 atom stereocenters. The highest BCUT2D eigenvalue weighted by Gasteiger charge is 2.19. The van der Waals surface area contributed by atoms with E-state index < -0.39 is 11.1 Å². The molecule has 2 aromatic rings. The first kappa shape index (κ1) is 11.6. The summed E-state index contributed by atoms with van der Waals surface area (Å²) in [7, 11) is 1.37. The maximum atomic E-state index is 13.8. The largest absolute Gasteiger partial charge is 0.494 e. The number of ether oxygens (including phenoxy) is 1. The molecule has 0 N–H and O–H groups in total. The number of halogens is 3. The third-order valence-electron chi connectivity index (χ3n) is 2.10. The summed E-state index contributed by atoms with van der Waals surface area (Å²) in [6.45, 7) is 0. The second-order valence-electron chi connectivity index (χ2n) is 2.98. The Balaban J connectivity index is 2.81. The van der Waals surface area contributed by atoms with E-state index >= 15 is 0 Å². The maximum Gasteiger partial charge on any atom is 0.263 e. The van der Waals surface area contributed by atoms with Gasteiger partial charge in [0.2, 0.25) is 0 Å². The number of fused-ring (bicyclic) bond motifs is 1. The standard InChI is InChI=1S/C10H5Cl2FO2S/c1-15-5-3-2-4-6(11)9(10(12)14)16-8(4)7(5)13/h2-3H,1H3. The van der Waals surface area contributed by atoms with Gasteiger partial charge in [-0.1, -0.05) is 11.6 Å². The molecule has 0 fully saturated rings. The molecule has 2 rings (SSSR count). The van der Waals surface area contributed by atoms with Crippen molar-refractivity contribution in [3.8, 4) is 5.75 Å². The van der Waals surface area contributed by atoms with Crippen molar-refractivity contribution in [3.05, 3.63) is 27.8 Å². The third-order valence-corrected chi connectivity index (χ3v) is 4.10. The van der Waals surface area contributed by atoms with Crippen LogP contribution in [0.15, 0.2) is 12.1 Å². The van der Waals surface area contributed by atoms with Gasteiger partial charge in [-0.3, -0.25) is 4.79 Å². The van der Waals surface area contributed by atoms with Crippen LogP contribution in [0.5, 0.6) is 5.75 Å². The number of hydrogen-bond donors (Lipinski definition) is 0. The van der Waals surface area contributed by atoms with E-state index in [2.05, 4.69) is 0 Å². The summed E-state index contributed by atoms with van der Waals surface area (Å²) in [5, 5.41) is -0.0416. The fraction of sp³-hybridized carbons (Fsp3) is 0.100. The Morgan fingerprint density at radius 1 is 1.50 bits per heavy atom. The molecule has 0 aliphatic heterocycles. The zero-order chi connectivity index (χ0) is 11.9. The van der Waals surface area contributed by atoms with Crippen molar-refractivity contribution >= 4 is 49.9 Å². The lowest BCUT2D eigenvalue weighted by Crippen LogP contribution is -1.86. The van der Waals surface area contributed by atoms with Gasteiger partial charge in [0.15, 0.2) is 11.6 Å². The molecule has 0 aliphatic carbocycles. The zero-order valence-corrected chi connectivity index (χ0v) is 10.3. The van der Waals surface area contributed by atoms with E-state index in [1.165, 1.54) is 13.2 Å². The molecule has 0 bridgehead atoms. The molecule has 0 unspecified atom stereocenters. The van der Waals surface area contributed by atoms with Crippen LogP contribution in [0, 0.1) is 5.82 Å². The molecular weight excluding hydrogens is 274 g/mol. The molecule has 1 heterocycles. The van der Waals surface area contributed by atoms with Crippen LogP contribution in [-0.2, 0) is 0 Å². The summed E-state index contributed by atoms with van der Waals surface area (Å²) in [5.41, 5.74) is 0. The Hall–Kier alpha value is -0.840. The molecule has 6 heteroatoms. The van der Waals surface area contributed by atoms with E-state index in [1.54, 1.807) is 6.07 Å². The van der Waals surface area contributed by atoms with E-state index in [0.717, 1.165) is 11.3 Å². The summed E-state index contributed by atoms with van der Waals surface area (Å²) >= 11 is 12.2. The highest BCUT2D eigenvalue weighted by Crippen LogP contribution is 2.40. The van der Waals surface area contributed by atoms with Gasteiger partial charge < -0.3 is 4.74 Å². The summed E-state index contributed by atoms with van der Waals surface area (Å²) in [4.78, 5) is 11.2. The summed E-state index contributed by atoms with van der Waals surface area (Å²) < 4.78 is 18.9. The molecular formula is C10H5Cl2FO2S. The van der Waals surface area contributed by atoms with Crippen molar-refractivity contribution in [2.24, 2.45) is 0 Å². The van der Waals surface area contributed by atoms with Gasteiger partial charge in [-0.05, 0) is 23.7 Å². The number of rotatable bonds is 2. The van der Waals surface area contributed by atoms with Crippen molar-refractivity contribution in [2.45, 2.75) is 0 Å². The lowest BCUT2D eigenvalue weighted by Gasteiger charge is -2.01. The Labute approximate surface area is 105 Å². The number of carbonyl (C=O) groups excluding carboxylic acids is 1. The fourth-order valence-corrected chi connectivity index (χ4v) is 2.99. The minimum Gasteiger partial charge on any atom is -0.494 e. The van der Waals surface area contributed by atoms with Crippen molar-refractivity contribution in [3.63, 3.8) is 0 Å². The molecule has 1 aromatic carbocycles. The normalized spacial score (nSPS) is 10.8. The molecule has 1 aromatic heterocycles. The Morgan fingerprint density at radius 3 is 2.75 bits per heavy atom. The van der Waals surface area contributed by atoms with Crippen LogP contribution in [0.3, 0.4) is 0 Å². The highest BCUT2D eigenvalue weighted by atomic mass is 35.5. The molecule has 0 radical (unpaired) electrons. The Morgan fingerprint density at radius 2 is 2.19 bits per heavy atom. The van der Waals surface area contributed by atoms with Gasteiger partial charge in [0, 0.05) is 5.39 Å². The van der Waals surface area contributed by atoms with E-state index in [1.807, 2.05) is 0 Å². The second kappa shape index (κ2) is 4.20. The highest BCUT2D eigenvalue weighted by molar-refractivity contribution is 7.23. The van der Waals surface area contributed by atoms with Gasteiger partial charge in [0.25, 0.3) is 5.24 Å². The quantitative estimate of drug-likeness (QED) is 0.774. The van der Waals surface area contributed by atoms with Crippen LogP contribution in [0.4, 0.5) is 4.39 Å². The predicted molar refractivity (Wildman–Crippen MR) is 63.5 cm³/mol. The molecule has 0 aliphatic rings. The van der Waals surface area contributed by atoms with Crippen LogP contribution < -0.4 is 4.74 Å². The summed E-state index contributed by atoms with van der Waals surface area (Å²) in [6, 6.07) is 3.05. The SMILES string of the molecule is COc1ccc2c(Cl)c(C(=O)Cl)sc2c1F. The van der Waals surface area contributed by atoms with Crippen molar-refractivity contribution in [1.29, 1.82) is 0 Å². The van der Waals surface area contributed by atoms with E-state index in [-0.39, 0.29) is 20.3 Å². The second-order valence-corrected chi connectivity index (χ2v) is 4.72. The van der Waals surface area contributed by atoms with Crippen LogP contribution in [-0.4, -0.2) is 12.4 Å². The van der Waals surface area contributed by atoms with Crippen LogP contribution in [0.1, 0.15) is 9.67 Å². The number of benzene rings is 1. The number of carbonyl (C=O) groups is 1. The van der Waals surface area contributed by atoms with Gasteiger partial charge >= 0.3 is 0 Å². The van der Waals surface area contributed by atoms with Gasteiger partial charge in [0.1, 0.15) is 4.88 Å². The molecule has 0 spiro atoms. The minimum atomic E-state index is -0.690. The van der Waals surface area contributed by atoms with E-state index in [0.29, 0.717) is 5.39 Å². The average molecular weight is 279 g/mol. The van der Waals surface area contributed by atoms with Gasteiger partial charge in [0.05, 0.1) is 16.8 Å². The number of thiophene rings is 1. The topological polar surface area (TPSA) is 26.3 Å². The average Bonchev–Trinajstić information content (AvgIpc) is 2.58. The van der Waals surface area contributed by atoms with Crippen molar-refractivity contribution < 1.29 is 13.9 Å². The lowest BCUT2D eigenvalue weighted by molar-refractivity contribution is 0.108. The minimum absolute atomic E-state index is 0.110. The smallest absolute Gasteiger partial charge is 0.263 e. The molecule has 0 saturated heterocycles. The lowest BCUT2D eigenvalue weighted by atomic mass is 10.2. The number of hydrogen-bond acceptors (Lipinski definition) is 3. The fourth-order valence-electron chi connectivity index (χ4n) is 1.36. The van der Waals surface area contributed by atoms with Gasteiger partial charge in [-0.15, -0.1) is 11.3 Å². The molecule has 16 heavy (non-hydrogen) atoms. The Kier molecular flexibility index (Phi) is 3.06. The first-order valence-electron chi connectivity index (χ1n) is 4.20. The zero-order valence-electron chi connectivity index (χ0n) is 8.01. The van der Waals surface area contributed by atoms with E-state index in [4.69, 9.17) is 27.9 Å². The number of methoxy groups -OCH3 is 1. The maximum absolute atomic E-state index is 13.8. The van der Waals surface area contributed by atoms with Crippen LogP contribution in [0.2, 0.25) is 5.02 Å². The predicted octanol–water partition coefficient (Wildman–Crippen LogP) is 4.08. The van der Waals surface area contributed by atoms with Gasteiger partial charge in [-0.25, -0.2) is 4.39 Å².